The van der Waals surface area contributed by atoms with Gasteiger partial charge in [0.2, 0.25) is 0 Å². The number of hydrogen-bond acceptors (Lipinski definition) is 2. The average molecular weight is 185 g/mol. The Balaban J connectivity index is 3.10. The normalized spacial score (nSPS) is 11.8. The van der Waals surface area contributed by atoms with Crippen molar-refractivity contribution < 1.29 is 14.0 Å². The second-order valence-electron chi connectivity index (χ2n) is 2.53. The van der Waals surface area contributed by atoms with E-state index in [9.17, 15) is 8.78 Å². The van der Waals surface area contributed by atoms with Crippen molar-refractivity contribution >= 4 is 5.71 Å². The second kappa shape index (κ2) is 3.98. The summed E-state index contributed by atoms with van der Waals surface area (Å²) < 4.78 is 25.2. The fourth-order valence-electron chi connectivity index (χ4n) is 1.01. The third kappa shape index (κ3) is 2.02. The standard InChI is InChI=1S/C9H9F2NO/c1-2-9(12-13)6-3-4-7(10)8(11)5-6/h3-5,13H,2H2,1H3/b12-9-. The van der Waals surface area contributed by atoms with Crippen LogP contribution in [-0.2, 0) is 0 Å². The summed E-state index contributed by atoms with van der Waals surface area (Å²) in [6.45, 7) is 1.76. The van der Waals surface area contributed by atoms with Gasteiger partial charge in [-0.1, -0.05) is 12.1 Å². The van der Waals surface area contributed by atoms with E-state index < -0.39 is 11.6 Å². The lowest BCUT2D eigenvalue weighted by molar-refractivity contribution is 0.318. The maximum absolute atomic E-state index is 12.7. The lowest BCUT2D eigenvalue weighted by atomic mass is 10.1. The highest BCUT2D eigenvalue weighted by Crippen LogP contribution is 2.10. The van der Waals surface area contributed by atoms with Gasteiger partial charge in [0.15, 0.2) is 11.6 Å². The molecule has 4 heteroatoms. The topological polar surface area (TPSA) is 32.6 Å². The van der Waals surface area contributed by atoms with E-state index >= 15 is 0 Å². The van der Waals surface area contributed by atoms with Crippen molar-refractivity contribution in [3.63, 3.8) is 0 Å². The first-order valence-corrected chi connectivity index (χ1v) is 3.85. The van der Waals surface area contributed by atoms with Crippen LogP contribution in [0.25, 0.3) is 0 Å². The number of benzene rings is 1. The summed E-state index contributed by atoms with van der Waals surface area (Å²) in [5.41, 5.74) is 0.725. The summed E-state index contributed by atoms with van der Waals surface area (Å²) in [5.74, 6) is -1.84. The molecule has 1 rings (SSSR count). The molecule has 0 aromatic heterocycles. The van der Waals surface area contributed by atoms with E-state index in [0.29, 0.717) is 17.7 Å². The maximum atomic E-state index is 12.7. The van der Waals surface area contributed by atoms with E-state index in [-0.39, 0.29) is 0 Å². The fraction of sp³-hybridized carbons (Fsp3) is 0.222. The predicted octanol–water partition coefficient (Wildman–Crippen LogP) is 2.55. The number of hydrogen-bond donors (Lipinski definition) is 1. The van der Waals surface area contributed by atoms with Crippen LogP contribution in [0.1, 0.15) is 18.9 Å². The Bertz CT molecular complexity index is 336. The van der Waals surface area contributed by atoms with E-state index in [1.165, 1.54) is 6.07 Å². The van der Waals surface area contributed by atoms with E-state index in [0.717, 1.165) is 12.1 Å². The molecule has 2 nitrogen and oxygen atoms in total. The molecule has 0 atom stereocenters. The maximum Gasteiger partial charge on any atom is 0.159 e. The molecule has 0 spiro atoms. The Morgan fingerprint density at radius 1 is 1.38 bits per heavy atom. The summed E-state index contributed by atoms with van der Waals surface area (Å²) >= 11 is 0. The third-order valence-electron chi connectivity index (χ3n) is 1.71. The molecule has 0 aliphatic carbocycles. The molecule has 0 saturated carbocycles. The summed E-state index contributed by atoms with van der Waals surface area (Å²) in [4.78, 5) is 0. The van der Waals surface area contributed by atoms with Crippen molar-refractivity contribution in [2.75, 3.05) is 0 Å². The van der Waals surface area contributed by atoms with Crippen molar-refractivity contribution in [2.24, 2.45) is 5.16 Å². The van der Waals surface area contributed by atoms with Crippen molar-refractivity contribution in [1.82, 2.24) is 0 Å². The smallest absolute Gasteiger partial charge is 0.159 e. The van der Waals surface area contributed by atoms with Gasteiger partial charge in [0.25, 0.3) is 0 Å². The van der Waals surface area contributed by atoms with Crippen LogP contribution in [0.15, 0.2) is 23.4 Å². The second-order valence-corrected chi connectivity index (χ2v) is 2.53. The molecular formula is C9H9F2NO. The molecule has 1 aromatic rings. The number of halogens is 2. The van der Waals surface area contributed by atoms with Gasteiger partial charge in [-0.05, 0) is 24.6 Å². The lowest BCUT2D eigenvalue weighted by Gasteiger charge is -2.01. The molecule has 1 N–H and O–H groups in total. The summed E-state index contributed by atoms with van der Waals surface area (Å²) in [6.07, 6.45) is 0.460. The predicted molar refractivity (Wildman–Crippen MR) is 45.0 cm³/mol. The first-order valence-electron chi connectivity index (χ1n) is 3.85. The monoisotopic (exact) mass is 185 g/mol. The highest BCUT2D eigenvalue weighted by Gasteiger charge is 2.06. The highest BCUT2D eigenvalue weighted by molar-refractivity contribution is 5.99. The zero-order chi connectivity index (χ0) is 9.84. The van der Waals surface area contributed by atoms with Gasteiger partial charge in [0, 0.05) is 5.56 Å². The van der Waals surface area contributed by atoms with Gasteiger partial charge in [-0.25, -0.2) is 8.78 Å². The molecule has 0 amide bonds. The number of oxime groups is 1. The lowest BCUT2D eigenvalue weighted by Crippen LogP contribution is -2.00. The summed E-state index contributed by atoms with van der Waals surface area (Å²) in [7, 11) is 0. The van der Waals surface area contributed by atoms with E-state index in [4.69, 9.17) is 5.21 Å². The van der Waals surface area contributed by atoms with E-state index in [2.05, 4.69) is 5.16 Å². The van der Waals surface area contributed by atoms with Gasteiger partial charge in [-0.2, -0.15) is 0 Å². The van der Waals surface area contributed by atoms with Crippen LogP contribution in [0.4, 0.5) is 8.78 Å². The van der Waals surface area contributed by atoms with Gasteiger partial charge in [-0.15, -0.1) is 0 Å². The van der Waals surface area contributed by atoms with Crippen LogP contribution in [0.2, 0.25) is 0 Å². The number of rotatable bonds is 2. The first kappa shape index (κ1) is 9.64. The average Bonchev–Trinajstić information content (AvgIpc) is 2.13. The van der Waals surface area contributed by atoms with E-state index in [1.807, 2.05) is 0 Å². The van der Waals surface area contributed by atoms with E-state index in [1.54, 1.807) is 6.92 Å². The Kier molecular flexibility index (Phi) is 2.95. The minimum absolute atomic E-state index is 0.332. The van der Waals surface area contributed by atoms with Gasteiger partial charge >= 0.3 is 0 Å². The van der Waals surface area contributed by atoms with Gasteiger partial charge in [-0.3, -0.25) is 0 Å². The molecule has 0 heterocycles. The molecule has 0 radical (unpaired) electrons. The molecule has 0 bridgehead atoms. The molecule has 0 fully saturated rings. The highest BCUT2D eigenvalue weighted by atomic mass is 19.2. The first-order chi connectivity index (χ1) is 6.19. The quantitative estimate of drug-likeness (QED) is 0.428. The largest absolute Gasteiger partial charge is 0.411 e. The molecule has 0 unspecified atom stereocenters. The van der Waals surface area contributed by atoms with Crippen LogP contribution in [0.3, 0.4) is 0 Å². The number of nitrogens with zero attached hydrogens (tertiary/aromatic N) is 1. The zero-order valence-electron chi connectivity index (χ0n) is 7.09. The summed E-state index contributed by atoms with van der Waals surface area (Å²) in [6, 6.07) is 3.39. The molecule has 13 heavy (non-hydrogen) atoms. The Morgan fingerprint density at radius 3 is 2.54 bits per heavy atom. The molecule has 0 aliphatic rings. The Labute approximate surface area is 74.5 Å². The molecular weight excluding hydrogens is 176 g/mol. The van der Waals surface area contributed by atoms with Crippen LogP contribution in [0.5, 0.6) is 0 Å². The van der Waals surface area contributed by atoms with Crippen molar-refractivity contribution in [1.29, 1.82) is 0 Å². The van der Waals surface area contributed by atoms with Crippen LogP contribution in [0, 0.1) is 11.6 Å². The Morgan fingerprint density at radius 2 is 2.08 bits per heavy atom. The van der Waals surface area contributed by atoms with Crippen molar-refractivity contribution in [3.8, 4) is 0 Å². The molecule has 1 aromatic carbocycles. The minimum Gasteiger partial charge on any atom is -0.411 e. The summed E-state index contributed by atoms with van der Waals surface area (Å²) in [5, 5.41) is 11.5. The zero-order valence-corrected chi connectivity index (χ0v) is 7.09. The molecule has 0 saturated heterocycles. The minimum atomic E-state index is -0.938. The van der Waals surface area contributed by atoms with Gasteiger partial charge < -0.3 is 5.21 Å². The van der Waals surface area contributed by atoms with Crippen LogP contribution < -0.4 is 0 Å². The third-order valence-corrected chi connectivity index (χ3v) is 1.71. The van der Waals surface area contributed by atoms with Crippen molar-refractivity contribution in [2.45, 2.75) is 13.3 Å². The fourth-order valence-corrected chi connectivity index (χ4v) is 1.01. The SMILES string of the molecule is CC/C(=N/O)c1ccc(F)c(F)c1. The van der Waals surface area contributed by atoms with Crippen LogP contribution in [-0.4, -0.2) is 10.9 Å². The Hall–Kier alpha value is -1.45. The van der Waals surface area contributed by atoms with Gasteiger partial charge in [0.1, 0.15) is 0 Å². The molecule has 70 valence electrons. The van der Waals surface area contributed by atoms with Gasteiger partial charge in [0.05, 0.1) is 5.71 Å². The van der Waals surface area contributed by atoms with Crippen molar-refractivity contribution in [3.05, 3.63) is 35.4 Å². The molecule has 0 aliphatic heterocycles. The van der Waals surface area contributed by atoms with Crippen LogP contribution >= 0.6 is 0 Å².